The quantitative estimate of drug-likeness (QED) is 0.561. The van der Waals surface area contributed by atoms with Gasteiger partial charge < -0.3 is 24.6 Å². The van der Waals surface area contributed by atoms with E-state index in [1.165, 1.54) is 6.33 Å². The molecule has 0 saturated heterocycles. The summed E-state index contributed by atoms with van der Waals surface area (Å²) in [5.74, 6) is 1.52. The van der Waals surface area contributed by atoms with Crippen molar-refractivity contribution in [3.05, 3.63) is 35.7 Å². The summed E-state index contributed by atoms with van der Waals surface area (Å²) in [6.07, 6.45) is 4.97. The average molecular weight is 437 g/mol. The summed E-state index contributed by atoms with van der Waals surface area (Å²) >= 11 is 0. The Bertz CT molecular complexity index is 1160. The van der Waals surface area contributed by atoms with E-state index >= 15 is 0 Å². The number of rotatable bonds is 0. The molecule has 0 atom stereocenters. The molecule has 4 rings (SSSR count). The molecule has 1 aliphatic rings. The van der Waals surface area contributed by atoms with E-state index in [0.717, 1.165) is 17.7 Å². The van der Waals surface area contributed by atoms with E-state index < -0.39 is 0 Å². The number of aromatic nitrogens is 3. The topological polar surface area (TPSA) is 107 Å². The van der Waals surface area contributed by atoms with E-state index in [0.29, 0.717) is 60.6 Å². The van der Waals surface area contributed by atoms with Gasteiger partial charge in [0.15, 0.2) is 5.88 Å². The van der Waals surface area contributed by atoms with Crippen LogP contribution in [-0.4, -0.2) is 70.9 Å². The highest BCUT2D eigenvalue weighted by atomic mass is 16.5. The lowest BCUT2D eigenvalue weighted by Crippen LogP contribution is -2.30. The first kappa shape index (κ1) is 21.6. The van der Waals surface area contributed by atoms with Gasteiger partial charge in [0.2, 0.25) is 5.91 Å². The molecule has 0 aliphatic carbocycles. The Morgan fingerprint density at radius 2 is 1.94 bits per heavy atom. The van der Waals surface area contributed by atoms with Gasteiger partial charge in [-0.25, -0.2) is 9.97 Å². The number of H-pyrrole nitrogens is 1. The molecule has 1 amide bonds. The van der Waals surface area contributed by atoms with Crippen LogP contribution >= 0.6 is 0 Å². The van der Waals surface area contributed by atoms with Gasteiger partial charge in [-0.15, -0.1) is 0 Å². The van der Waals surface area contributed by atoms with Crippen LogP contribution in [0.25, 0.3) is 11.0 Å². The number of carbonyl (C=O) groups excluding carboxylic acids is 1. The van der Waals surface area contributed by atoms with E-state index in [4.69, 9.17) is 4.74 Å². The molecule has 1 aromatic carbocycles. The summed E-state index contributed by atoms with van der Waals surface area (Å²) in [5, 5.41) is 11.2. The number of nitrogens with one attached hydrogen (secondary N) is 1. The largest absolute Gasteiger partial charge is 0.494 e. The fourth-order valence-electron chi connectivity index (χ4n) is 3.77. The average Bonchev–Trinajstić information content (AvgIpc) is 3.10. The van der Waals surface area contributed by atoms with E-state index in [9.17, 15) is 9.90 Å². The van der Waals surface area contributed by atoms with Gasteiger partial charge in [0, 0.05) is 45.9 Å². The van der Waals surface area contributed by atoms with Crippen LogP contribution < -0.4 is 9.64 Å². The van der Waals surface area contributed by atoms with Crippen molar-refractivity contribution < 1.29 is 14.6 Å². The summed E-state index contributed by atoms with van der Waals surface area (Å²) in [6, 6.07) is 5.69. The summed E-state index contributed by atoms with van der Waals surface area (Å²) in [5.41, 5.74) is 2.76. The number of hydrogen-bond acceptors (Lipinski definition) is 7. The Morgan fingerprint density at radius 1 is 1.12 bits per heavy atom. The molecule has 3 heterocycles. The number of anilines is 1. The first-order chi connectivity index (χ1) is 15.4. The van der Waals surface area contributed by atoms with Crippen molar-refractivity contribution in [1.82, 2.24) is 19.9 Å². The third-order valence-electron chi connectivity index (χ3n) is 5.67. The van der Waals surface area contributed by atoms with E-state index in [1.807, 2.05) is 44.1 Å². The third-order valence-corrected chi connectivity index (χ3v) is 5.67. The molecule has 1 aliphatic heterocycles. The molecule has 9 nitrogen and oxygen atoms in total. The molecule has 2 N–H and O–H groups in total. The fourth-order valence-corrected chi connectivity index (χ4v) is 3.77. The fraction of sp³-hybridized carbons (Fsp3) is 0.391. The maximum absolute atomic E-state index is 12.4. The Kier molecular flexibility index (Phi) is 6.25. The van der Waals surface area contributed by atoms with Crippen molar-refractivity contribution >= 4 is 34.7 Å². The number of benzene rings is 1. The Morgan fingerprint density at radius 3 is 2.78 bits per heavy atom. The number of fused-ring (bicyclic) bond motifs is 2. The van der Waals surface area contributed by atoms with E-state index in [-0.39, 0.29) is 11.8 Å². The summed E-state index contributed by atoms with van der Waals surface area (Å²) in [4.78, 5) is 32.4. The van der Waals surface area contributed by atoms with Gasteiger partial charge in [0.25, 0.3) is 0 Å². The van der Waals surface area contributed by atoms with Gasteiger partial charge in [-0.2, -0.15) is 0 Å². The molecule has 0 fully saturated rings. The van der Waals surface area contributed by atoms with Crippen LogP contribution in [0.1, 0.15) is 30.4 Å². The minimum Gasteiger partial charge on any atom is -0.494 e. The molecular formula is C23H28N6O3. The number of carbonyl (C=O) groups is 1. The molecule has 168 valence electrons. The highest BCUT2D eigenvalue weighted by Crippen LogP contribution is 2.32. The maximum atomic E-state index is 12.4. The van der Waals surface area contributed by atoms with Crippen molar-refractivity contribution in [2.24, 2.45) is 4.99 Å². The lowest BCUT2D eigenvalue weighted by molar-refractivity contribution is -0.130. The van der Waals surface area contributed by atoms with Gasteiger partial charge in [-0.1, -0.05) is 6.07 Å². The second kappa shape index (κ2) is 9.25. The zero-order valence-electron chi connectivity index (χ0n) is 18.6. The van der Waals surface area contributed by atoms with Gasteiger partial charge in [-0.3, -0.25) is 9.79 Å². The number of hydrogen-bond donors (Lipinski definition) is 2. The molecule has 0 spiro atoms. The molecule has 0 unspecified atom stereocenters. The number of aliphatic imine (C=N–C) groups is 1. The first-order valence-electron chi connectivity index (χ1n) is 10.7. The number of aryl methyl sites for hydroxylation is 1. The van der Waals surface area contributed by atoms with Gasteiger partial charge >= 0.3 is 0 Å². The monoisotopic (exact) mass is 436 g/mol. The smallest absolute Gasteiger partial charge is 0.222 e. The minimum atomic E-state index is -0.0118. The predicted molar refractivity (Wildman–Crippen MR) is 124 cm³/mol. The van der Waals surface area contributed by atoms with Gasteiger partial charge in [-0.05, 0) is 31.4 Å². The summed E-state index contributed by atoms with van der Waals surface area (Å²) in [7, 11) is 3.77. The standard InChI is InChI=1S/C23H28N6O3/c1-15-7-8-16-12-18(15)32-11-4-6-19(30)28(2)9-5-10-29(3)22-20-17(13-24-16)23(31)27-21(20)25-14-26-22/h7-8,12-14,31H,4-6,9-11H2,1-3H3,(H,25,26,27). The zero-order chi connectivity index (χ0) is 22.7. The Labute approximate surface area is 186 Å². The molecular weight excluding hydrogens is 408 g/mol. The second-order valence-electron chi connectivity index (χ2n) is 8.06. The summed E-state index contributed by atoms with van der Waals surface area (Å²) in [6.45, 7) is 3.77. The Balaban J connectivity index is 1.75. The van der Waals surface area contributed by atoms with Crippen LogP contribution in [0.2, 0.25) is 0 Å². The lowest BCUT2D eigenvalue weighted by atomic mass is 10.2. The van der Waals surface area contributed by atoms with E-state index in [1.54, 1.807) is 11.1 Å². The van der Waals surface area contributed by atoms with Crippen molar-refractivity contribution in [2.45, 2.75) is 26.2 Å². The highest BCUT2D eigenvalue weighted by Gasteiger charge is 2.18. The second-order valence-corrected chi connectivity index (χ2v) is 8.06. The molecule has 3 aromatic rings. The first-order valence-corrected chi connectivity index (χ1v) is 10.7. The lowest BCUT2D eigenvalue weighted by Gasteiger charge is -2.22. The van der Waals surface area contributed by atoms with Crippen LogP contribution in [0.5, 0.6) is 11.6 Å². The van der Waals surface area contributed by atoms with Gasteiger partial charge in [0.1, 0.15) is 23.5 Å². The van der Waals surface area contributed by atoms with Gasteiger partial charge in [0.05, 0.1) is 23.2 Å². The van der Waals surface area contributed by atoms with E-state index in [2.05, 4.69) is 19.9 Å². The molecule has 0 saturated carbocycles. The number of ether oxygens (including phenoxy) is 1. The normalized spacial score (nSPS) is 16.0. The zero-order valence-corrected chi connectivity index (χ0v) is 18.6. The molecule has 0 radical (unpaired) electrons. The molecule has 32 heavy (non-hydrogen) atoms. The number of amides is 1. The van der Waals surface area contributed by atoms with Crippen LogP contribution in [0.3, 0.4) is 0 Å². The number of aromatic amines is 1. The van der Waals surface area contributed by atoms with Crippen LogP contribution in [-0.2, 0) is 4.79 Å². The van der Waals surface area contributed by atoms with Crippen molar-refractivity contribution in [2.75, 3.05) is 38.7 Å². The minimum absolute atomic E-state index is 0.0118. The number of nitrogens with zero attached hydrogens (tertiary/aromatic N) is 5. The third kappa shape index (κ3) is 4.51. The van der Waals surface area contributed by atoms with Crippen LogP contribution in [0, 0.1) is 6.92 Å². The summed E-state index contributed by atoms with van der Waals surface area (Å²) < 4.78 is 5.92. The molecule has 9 heteroatoms. The van der Waals surface area contributed by atoms with Crippen molar-refractivity contribution in [3.63, 3.8) is 0 Å². The van der Waals surface area contributed by atoms with Crippen LogP contribution in [0.15, 0.2) is 29.5 Å². The predicted octanol–water partition coefficient (Wildman–Crippen LogP) is 3.18. The highest BCUT2D eigenvalue weighted by molar-refractivity contribution is 6.06. The molecule has 2 aromatic heterocycles. The van der Waals surface area contributed by atoms with Crippen molar-refractivity contribution in [1.29, 1.82) is 0 Å². The maximum Gasteiger partial charge on any atom is 0.222 e. The number of aromatic hydroxyl groups is 1. The van der Waals surface area contributed by atoms with Crippen molar-refractivity contribution in [3.8, 4) is 11.6 Å². The molecule has 2 bridgehead atoms. The SMILES string of the molecule is Cc1ccc2cc1OCCCC(=O)N(C)CCCN(C)c1ncnc3[nH]c(O)c(c13)C=N2. The Hall–Kier alpha value is -3.62. The van der Waals surface area contributed by atoms with Crippen LogP contribution in [0.4, 0.5) is 11.5 Å².